The van der Waals surface area contributed by atoms with Crippen LogP contribution < -0.4 is 16.1 Å². The topological polar surface area (TPSA) is 65.1 Å². The molecule has 1 atom stereocenters. The van der Waals surface area contributed by atoms with Gasteiger partial charge in [0.25, 0.3) is 5.56 Å². The van der Waals surface area contributed by atoms with Gasteiger partial charge in [0.05, 0.1) is 0 Å². The number of nitrogens with zero attached hydrogens (tertiary/aromatic N) is 5. The average molecular weight is 444 g/mol. The van der Waals surface area contributed by atoms with E-state index in [1.54, 1.807) is 7.05 Å². The molecule has 170 valence electrons. The molecule has 2 aromatic carbocycles. The van der Waals surface area contributed by atoms with Gasteiger partial charge < -0.3 is 9.47 Å². The molecule has 0 aliphatic carbocycles. The highest BCUT2D eigenvalue weighted by Crippen LogP contribution is 2.32. The first-order valence-corrected chi connectivity index (χ1v) is 11.6. The van der Waals surface area contributed by atoms with Crippen molar-refractivity contribution in [2.75, 3.05) is 11.4 Å². The molecule has 4 aromatic rings. The van der Waals surface area contributed by atoms with Crippen molar-refractivity contribution in [3.8, 4) is 0 Å². The Morgan fingerprint density at radius 1 is 0.970 bits per heavy atom. The minimum Gasteiger partial charge on any atom is -0.312 e. The van der Waals surface area contributed by atoms with Crippen LogP contribution in [0.15, 0.2) is 64.2 Å². The smallest absolute Gasteiger partial charge is 0.312 e. The zero-order chi connectivity index (χ0) is 23.1. The van der Waals surface area contributed by atoms with Gasteiger partial charge >= 0.3 is 5.69 Å². The van der Waals surface area contributed by atoms with Gasteiger partial charge in [0.1, 0.15) is 0 Å². The number of aromatic nitrogens is 4. The van der Waals surface area contributed by atoms with Crippen molar-refractivity contribution in [2.24, 2.45) is 13.0 Å². The molecule has 2 aromatic heterocycles. The van der Waals surface area contributed by atoms with Gasteiger partial charge in [-0.05, 0) is 42.0 Å². The number of hydrogen-bond acceptors (Lipinski definition) is 4. The van der Waals surface area contributed by atoms with Crippen molar-refractivity contribution in [3.63, 3.8) is 0 Å². The number of aryl methyl sites for hydroxylation is 3. The lowest BCUT2D eigenvalue weighted by Gasteiger charge is -2.33. The summed E-state index contributed by atoms with van der Waals surface area (Å²) in [7, 11) is 1.70. The van der Waals surface area contributed by atoms with Crippen LogP contribution in [0.3, 0.4) is 0 Å². The Bertz CT molecular complexity index is 1410. The van der Waals surface area contributed by atoms with Crippen LogP contribution in [0.4, 0.5) is 11.6 Å². The molecule has 1 aliphatic rings. The molecule has 1 aliphatic heterocycles. The summed E-state index contributed by atoms with van der Waals surface area (Å²) in [5.74, 6) is 1.05. The van der Waals surface area contributed by atoms with Crippen molar-refractivity contribution < 1.29 is 0 Å². The molecular formula is C26H29N5O2. The fourth-order valence-corrected chi connectivity index (χ4v) is 4.72. The van der Waals surface area contributed by atoms with E-state index in [1.807, 2.05) is 34.9 Å². The van der Waals surface area contributed by atoms with Crippen LogP contribution in [0.1, 0.15) is 25.0 Å². The Kier molecular flexibility index (Phi) is 5.40. The fraction of sp³-hybridized carbons (Fsp3) is 0.346. The summed E-state index contributed by atoms with van der Waals surface area (Å²) < 4.78 is 4.86. The van der Waals surface area contributed by atoms with E-state index in [2.05, 4.69) is 43.0 Å². The Balaban J connectivity index is 1.63. The van der Waals surface area contributed by atoms with Gasteiger partial charge in [-0.1, -0.05) is 56.3 Å². The first-order valence-electron chi connectivity index (χ1n) is 11.6. The SMILES string of the molecule is CCc1ccc(N2C[C@H](C)Cn3c2nc2c3c(=O)n(CCc3ccccc3)c(=O)n2C)cc1. The van der Waals surface area contributed by atoms with Gasteiger partial charge in [0, 0.05) is 32.4 Å². The van der Waals surface area contributed by atoms with Gasteiger partial charge in [-0.2, -0.15) is 4.98 Å². The Hall–Kier alpha value is -3.61. The van der Waals surface area contributed by atoms with E-state index < -0.39 is 0 Å². The van der Waals surface area contributed by atoms with Gasteiger partial charge in [-0.25, -0.2) is 4.79 Å². The fourth-order valence-electron chi connectivity index (χ4n) is 4.72. The van der Waals surface area contributed by atoms with E-state index in [9.17, 15) is 9.59 Å². The normalized spacial score (nSPS) is 15.7. The number of benzene rings is 2. The lowest BCUT2D eigenvalue weighted by atomic mass is 10.1. The molecule has 0 spiro atoms. The van der Waals surface area contributed by atoms with Crippen LogP contribution in [0, 0.1) is 5.92 Å². The van der Waals surface area contributed by atoms with Crippen LogP contribution in [0.25, 0.3) is 11.2 Å². The molecule has 7 nitrogen and oxygen atoms in total. The molecule has 0 N–H and O–H groups in total. The van der Waals surface area contributed by atoms with Crippen LogP contribution in [-0.2, 0) is 33.0 Å². The maximum Gasteiger partial charge on any atom is 0.332 e. The molecular weight excluding hydrogens is 414 g/mol. The highest BCUT2D eigenvalue weighted by atomic mass is 16.2. The van der Waals surface area contributed by atoms with Crippen LogP contribution in [0.5, 0.6) is 0 Å². The minimum atomic E-state index is -0.328. The van der Waals surface area contributed by atoms with E-state index in [-0.39, 0.29) is 11.2 Å². The summed E-state index contributed by atoms with van der Waals surface area (Å²) in [5, 5.41) is 0. The highest BCUT2D eigenvalue weighted by molar-refractivity contribution is 5.77. The first-order chi connectivity index (χ1) is 16.0. The van der Waals surface area contributed by atoms with Crippen molar-refractivity contribution in [2.45, 2.75) is 39.8 Å². The van der Waals surface area contributed by atoms with Gasteiger partial charge in [0.2, 0.25) is 5.95 Å². The predicted octanol–water partition coefficient (Wildman–Crippen LogP) is 3.49. The van der Waals surface area contributed by atoms with Crippen molar-refractivity contribution >= 4 is 22.8 Å². The largest absolute Gasteiger partial charge is 0.332 e. The Labute approximate surface area is 192 Å². The molecule has 0 saturated carbocycles. The molecule has 0 amide bonds. The van der Waals surface area contributed by atoms with E-state index >= 15 is 0 Å². The summed E-state index contributed by atoms with van der Waals surface area (Å²) >= 11 is 0. The Morgan fingerprint density at radius 2 is 1.70 bits per heavy atom. The third kappa shape index (κ3) is 3.67. The lowest BCUT2D eigenvalue weighted by Crippen LogP contribution is -2.40. The number of fused-ring (bicyclic) bond motifs is 3. The third-order valence-electron chi connectivity index (χ3n) is 6.57. The maximum atomic E-state index is 13.6. The highest BCUT2D eigenvalue weighted by Gasteiger charge is 2.29. The first kappa shape index (κ1) is 21.2. The number of rotatable bonds is 5. The van der Waals surface area contributed by atoms with Gasteiger partial charge in [0.15, 0.2) is 11.2 Å². The number of imidazole rings is 1. The second-order valence-electron chi connectivity index (χ2n) is 8.96. The molecule has 7 heteroatoms. The summed E-state index contributed by atoms with van der Waals surface area (Å²) in [5.41, 5.74) is 3.77. The second-order valence-corrected chi connectivity index (χ2v) is 8.96. The Morgan fingerprint density at radius 3 is 2.39 bits per heavy atom. The molecule has 0 radical (unpaired) electrons. The molecule has 0 unspecified atom stereocenters. The van der Waals surface area contributed by atoms with Gasteiger partial charge in [-0.3, -0.25) is 13.9 Å². The quantitative estimate of drug-likeness (QED) is 0.474. The van der Waals surface area contributed by atoms with Crippen LogP contribution >= 0.6 is 0 Å². The molecule has 33 heavy (non-hydrogen) atoms. The van der Waals surface area contributed by atoms with E-state index in [4.69, 9.17) is 4.98 Å². The molecule has 0 bridgehead atoms. The standard InChI is InChI=1S/C26H29N5O2/c1-4-19-10-12-21(13-11-19)30-16-18(2)17-31-22-23(27-25(30)31)28(3)26(33)29(24(22)32)15-14-20-8-6-5-7-9-20/h5-13,18H,4,14-17H2,1-3H3/t18-/m0/s1. The molecule has 0 saturated heterocycles. The molecule has 0 fully saturated rings. The van der Waals surface area contributed by atoms with Crippen molar-refractivity contribution in [3.05, 3.63) is 86.6 Å². The van der Waals surface area contributed by atoms with E-state index in [0.29, 0.717) is 36.6 Å². The van der Waals surface area contributed by atoms with Crippen molar-refractivity contribution in [1.29, 1.82) is 0 Å². The predicted molar refractivity (Wildman–Crippen MR) is 131 cm³/mol. The van der Waals surface area contributed by atoms with Crippen LogP contribution in [0.2, 0.25) is 0 Å². The summed E-state index contributed by atoms with van der Waals surface area (Å²) in [6, 6.07) is 18.4. The second kappa shape index (κ2) is 8.39. The summed E-state index contributed by atoms with van der Waals surface area (Å²) in [6.45, 7) is 6.16. The summed E-state index contributed by atoms with van der Waals surface area (Å²) in [6.07, 6.45) is 1.61. The zero-order valence-electron chi connectivity index (χ0n) is 19.4. The van der Waals surface area contributed by atoms with Crippen molar-refractivity contribution in [1.82, 2.24) is 18.7 Å². The molecule has 5 rings (SSSR count). The van der Waals surface area contributed by atoms with E-state index in [0.717, 1.165) is 30.2 Å². The monoisotopic (exact) mass is 443 g/mol. The molecule has 3 heterocycles. The minimum absolute atomic E-state index is 0.266. The van der Waals surface area contributed by atoms with Crippen LogP contribution in [-0.4, -0.2) is 25.2 Å². The average Bonchev–Trinajstić information content (AvgIpc) is 3.22. The zero-order valence-corrected chi connectivity index (χ0v) is 19.4. The number of anilines is 2. The van der Waals surface area contributed by atoms with Gasteiger partial charge in [-0.15, -0.1) is 0 Å². The third-order valence-corrected chi connectivity index (χ3v) is 6.57. The summed E-state index contributed by atoms with van der Waals surface area (Å²) in [4.78, 5) is 33.6. The number of hydrogen-bond donors (Lipinski definition) is 0. The lowest BCUT2D eigenvalue weighted by molar-refractivity contribution is 0.457. The maximum absolute atomic E-state index is 13.6. The van der Waals surface area contributed by atoms with E-state index in [1.165, 1.54) is 14.7 Å².